The number of aryl methyl sites for hydroxylation is 1. The van der Waals surface area contributed by atoms with Crippen LogP contribution in [-0.2, 0) is 7.05 Å². The molecule has 0 fully saturated rings. The van der Waals surface area contributed by atoms with Gasteiger partial charge in [0.2, 0.25) is 0 Å². The highest BCUT2D eigenvalue weighted by Crippen LogP contribution is 2.20. The number of aromatic nitrogens is 2. The number of hydrogen-bond acceptors (Lipinski definition) is 3. The minimum absolute atomic E-state index is 0.208. The van der Waals surface area contributed by atoms with E-state index in [1.807, 2.05) is 60.3 Å². The van der Waals surface area contributed by atoms with Crippen molar-refractivity contribution in [2.24, 2.45) is 7.05 Å². The molecular formula is C17H13N3O2. The number of rotatable bonds is 2. The zero-order valence-electron chi connectivity index (χ0n) is 11.9. The molecule has 0 spiro atoms. The van der Waals surface area contributed by atoms with Crippen molar-refractivity contribution >= 4 is 33.9 Å². The van der Waals surface area contributed by atoms with Crippen LogP contribution in [0.3, 0.4) is 0 Å². The summed E-state index contributed by atoms with van der Waals surface area (Å²) in [5, 5.41) is 3.72. The molecule has 0 saturated heterocycles. The van der Waals surface area contributed by atoms with Gasteiger partial charge in [-0.2, -0.15) is 4.98 Å². The molecule has 0 aliphatic rings. The number of oxazole rings is 1. The van der Waals surface area contributed by atoms with Gasteiger partial charge in [-0.1, -0.05) is 12.1 Å². The van der Waals surface area contributed by atoms with Crippen LogP contribution in [0, 0.1) is 0 Å². The van der Waals surface area contributed by atoms with Crippen molar-refractivity contribution in [2.75, 3.05) is 5.32 Å². The van der Waals surface area contributed by atoms with E-state index in [0.717, 1.165) is 16.4 Å². The van der Waals surface area contributed by atoms with Crippen LogP contribution in [0.2, 0.25) is 0 Å². The number of hydrogen-bond donors (Lipinski definition) is 1. The number of anilines is 1. The van der Waals surface area contributed by atoms with E-state index < -0.39 is 0 Å². The predicted molar refractivity (Wildman–Crippen MR) is 84.9 cm³/mol. The van der Waals surface area contributed by atoms with Gasteiger partial charge in [0.1, 0.15) is 5.52 Å². The summed E-state index contributed by atoms with van der Waals surface area (Å²) in [5.74, 6) is -0.239. The van der Waals surface area contributed by atoms with Crippen molar-refractivity contribution in [1.82, 2.24) is 9.55 Å². The molecule has 4 rings (SSSR count). The summed E-state index contributed by atoms with van der Waals surface area (Å²) in [5.41, 5.74) is 3.02. The lowest BCUT2D eigenvalue weighted by atomic mass is 10.1. The molecule has 108 valence electrons. The quantitative estimate of drug-likeness (QED) is 0.614. The number of para-hydroxylation sites is 2. The lowest BCUT2D eigenvalue weighted by Crippen LogP contribution is -2.11. The molecule has 0 unspecified atom stereocenters. The van der Waals surface area contributed by atoms with Crippen molar-refractivity contribution in [3.63, 3.8) is 0 Å². The molecule has 0 saturated carbocycles. The molecule has 5 nitrogen and oxygen atoms in total. The van der Waals surface area contributed by atoms with Crippen LogP contribution in [0.15, 0.2) is 59.1 Å². The van der Waals surface area contributed by atoms with Crippen LogP contribution in [0.4, 0.5) is 6.01 Å². The van der Waals surface area contributed by atoms with Gasteiger partial charge in [0.25, 0.3) is 5.91 Å². The molecular weight excluding hydrogens is 278 g/mol. The smallest absolute Gasteiger partial charge is 0.302 e. The Kier molecular flexibility index (Phi) is 2.72. The predicted octanol–water partition coefficient (Wildman–Crippen LogP) is 3.57. The fourth-order valence-corrected chi connectivity index (χ4v) is 2.52. The van der Waals surface area contributed by atoms with Crippen LogP contribution in [0.25, 0.3) is 22.0 Å². The van der Waals surface area contributed by atoms with Gasteiger partial charge >= 0.3 is 6.01 Å². The van der Waals surface area contributed by atoms with Gasteiger partial charge in [-0.3, -0.25) is 10.1 Å². The molecule has 0 bridgehead atoms. The van der Waals surface area contributed by atoms with Crippen molar-refractivity contribution in [3.8, 4) is 0 Å². The van der Waals surface area contributed by atoms with Gasteiger partial charge in [0.05, 0.1) is 0 Å². The minimum Gasteiger partial charge on any atom is -0.423 e. The van der Waals surface area contributed by atoms with Crippen molar-refractivity contribution in [1.29, 1.82) is 0 Å². The summed E-state index contributed by atoms with van der Waals surface area (Å²) >= 11 is 0. The first kappa shape index (κ1) is 12.6. The lowest BCUT2D eigenvalue weighted by molar-refractivity contribution is 0.102. The molecule has 0 atom stereocenters. The summed E-state index contributed by atoms with van der Waals surface area (Å²) in [6, 6.07) is 15.1. The maximum absolute atomic E-state index is 12.3. The Morgan fingerprint density at radius 3 is 2.91 bits per heavy atom. The monoisotopic (exact) mass is 291 g/mol. The Morgan fingerprint density at radius 1 is 1.18 bits per heavy atom. The molecule has 2 heterocycles. The molecule has 0 aliphatic carbocycles. The normalized spacial score (nSPS) is 11.1. The maximum atomic E-state index is 12.3. The van der Waals surface area contributed by atoms with Crippen molar-refractivity contribution in [2.45, 2.75) is 0 Å². The van der Waals surface area contributed by atoms with Gasteiger partial charge in [-0.25, -0.2) is 0 Å². The third kappa shape index (κ3) is 2.03. The summed E-state index contributed by atoms with van der Waals surface area (Å²) in [7, 11) is 1.97. The zero-order chi connectivity index (χ0) is 15.1. The Bertz CT molecular complexity index is 964. The zero-order valence-corrected chi connectivity index (χ0v) is 11.9. The highest BCUT2D eigenvalue weighted by Gasteiger charge is 2.12. The van der Waals surface area contributed by atoms with Crippen LogP contribution in [0.5, 0.6) is 0 Å². The fraction of sp³-hybridized carbons (Fsp3) is 0.0588. The highest BCUT2D eigenvalue weighted by atomic mass is 16.4. The summed E-state index contributed by atoms with van der Waals surface area (Å²) in [6.07, 6.45) is 1.97. The molecule has 0 aliphatic heterocycles. The fourth-order valence-electron chi connectivity index (χ4n) is 2.52. The average molecular weight is 291 g/mol. The second-order valence-electron chi connectivity index (χ2n) is 5.14. The van der Waals surface area contributed by atoms with Gasteiger partial charge in [-0.15, -0.1) is 0 Å². The third-order valence-electron chi connectivity index (χ3n) is 3.66. The number of amides is 1. The number of nitrogens with zero attached hydrogens (tertiary/aromatic N) is 2. The standard InChI is InChI=1S/C17H13N3O2/c1-20-9-8-11-10-12(6-7-14(11)20)16(21)19-17-18-13-4-2-3-5-15(13)22-17/h2-10H,1H3,(H,18,19,21). The number of benzene rings is 2. The first-order valence-electron chi connectivity index (χ1n) is 6.93. The van der Waals surface area contributed by atoms with E-state index >= 15 is 0 Å². The van der Waals surface area contributed by atoms with E-state index in [0.29, 0.717) is 11.1 Å². The molecule has 22 heavy (non-hydrogen) atoms. The van der Waals surface area contributed by atoms with Crippen LogP contribution < -0.4 is 5.32 Å². The largest absolute Gasteiger partial charge is 0.423 e. The highest BCUT2D eigenvalue weighted by molar-refractivity contribution is 6.05. The molecule has 2 aromatic heterocycles. The molecule has 1 amide bonds. The number of carbonyl (C=O) groups is 1. The van der Waals surface area contributed by atoms with E-state index in [9.17, 15) is 4.79 Å². The Balaban J connectivity index is 1.64. The van der Waals surface area contributed by atoms with Gasteiger partial charge in [-0.05, 0) is 36.4 Å². The van der Waals surface area contributed by atoms with E-state index in [4.69, 9.17) is 4.42 Å². The second kappa shape index (κ2) is 4.73. The molecule has 1 N–H and O–H groups in total. The van der Waals surface area contributed by atoms with Crippen LogP contribution >= 0.6 is 0 Å². The van der Waals surface area contributed by atoms with Crippen molar-refractivity contribution in [3.05, 3.63) is 60.3 Å². The summed E-state index contributed by atoms with van der Waals surface area (Å²) < 4.78 is 7.52. The third-order valence-corrected chi connectivity index (χ3v) is 3.66. The number of nitrogens with one attached hydrogen (secondary N) is 1. The lowest BCUT2D eigenvalue weighted by Gasteiger charge is -2.02. The van der Waals surface area contributed by atoms with Gasteiger partial charge < -0.3 is 8.98 Å². The van der Waals surface area contributed by atoms with Gasteiger partial charge in [0.15, 0.2) is 5.58 Å². The SMILES string of the molecule is Cn1ccc2cc(C(=O)Nc3nc4ccccc4o3)ccc21. The van der Waals surface area contributed by atoms with E-state index in [1.54, 1.807) is 6.07 Å². The molecule has 4 aromatic rings. The maximum Gasteiger partial charge on any atom is 0.302 e. The van der Waals surface area contributed by atoms with E-state index in [2.05, 4.69) is 10.3 Å². The van der Waals surface area contributed by atoms with Gasteiger partial charge in [0, 0.05) is 29.7 Å². The summed E-state index contributed by atoms with van der Waals surface area (Å²) in [6.45, 7) is 0. The molecule has 0 radical (unpaired) electrons. The average Bonchev–Trinajstić information content (AvgIpc) is 3.10. The van der Waals surface area contributed by atoms with Crippen molar-refractivity contribution < 1.29 is 9.21 Å². The minimum atomic E-state index is -0.239. The van der Waals surface area contributed by atoms with Crippen LogP contribution in [0.1, 0.15) is 10.4 Å². The Hall–Kier alpha value is -3.08. The Labute approximate surface area is 126 Å². The van der Waals surface area contributed by atoms with E-state index in [1.165, 1.54) is 0 Å². The molecule has 2 aromatic carbocycles. The summed E-state index contributed by atoms with van der Waals surface area (Å²) in [4.78, 5) is 16.6. The topological polar surface area (TPSA) is 60.1 Å². The number of fused-ring (bicyclic) bond motifs is 2. The second-order valence-corrected chi connectivity index (χ2v) is 5.14. The number of carbonyl (C=O) groups excluding carboxylic acids is 1. The Morgan fingerprint density at radius 2 is 2.05 bits per heavy atom. The molecule has 5 heteroatoms. The van der Waals surface area contributed by atoms with Crippen LogP contribution in [-0.4, -0.2) is 15.5 Å². The first-order valence-corrected chi connectivity index (χ1v) is 6.93. The first-order chi connectivity index (χ1) is 10.7. The van der Waals surface area contributed by atoms with E-state index in [-0.39, 0.29) is 11.9 Å².